The standard InChI is InChI=1S/C17H19BrFNO/c1-12(20)5-6-13-7-9-15(10-8-13)21-11-14-3-2-4-16(19)17(14)18/h2-4,7-10,12H,5-6,11,20H2,1H3. The summed E-state index contributed by atoms with van der Waals surface area (Å²) in [5.41, 5.74) is 7.78. The van der Waals surface area contributed by atoms with Crippen molar-refractivity contribution in [2.24, 2.45) is 5.73 Å². The van der Waals surface area contributed by atoms with Crippen molar-refractivity contribution < 1.29 is 9.13 Å². The van der Waals surface area contributed by atoms with Crippen LogP contribution in [-0.4, -0.2) is 6.04 Å². The first-order valence-corrected chi connectivity index (χ1v) is 7.76. The van der Waals surface area contributed by atoms with Gasteiger partial charge in [-0.15, -0.1) is 0 Å². The smallest absolute Gasteiger partial charge is 0.137 e. The first-order valence-electron chi connectivity index (χ1n) is 6.96. The van der Waals surface area contributed by atoms with Crippen molar-refractivity contribution in [2.75, 3.05) is 0 Å². The summed E-state index contributed by atoms with van der Waals surface area (Å²) >= 11 is 3.23. The lowest BCUT2D eigenvalue weighted by Gasteiger charge is -2.10. The van der Waals surface area contributed by atoms with Gasteiger partial charge in [0, 0.05) is 11.6 Å². The van der Waals surface area contributed by atoms with Crippen molar-refractivity contribution in [2.45, 2.75) is 32.4 Å². The highest BCUT2D eigenvalue weighted by atomic mass is 79.9. The van der Waals surface area contributed by atoms with Gasteiger partial charge in [-0.05, 0) is 59.5 Å². The monoisotopic (exact) mass is 351 g/mol. The van der Waals surface area contributed by atoms with Crippen LogP contribution in [0.4, 0.5) is 4.39 Å². The van der Waals surface area contributed by atoms with Crippen LogP contribution < -0.4 is 10.5 Å². The number of ether oxygens (including phenoxy) is 1. The van der Waals surface area contributed by atoms with Gasteiger partial charge in [0.15, 0.2) is 0 Å². The minimum atomic E-state index is -0.276. The number of rotatable bonds is 6. The van der Waals surface area contributed by atoms with E-state index in [9.17, 15) is 4.39 Å². The Morgan fingerprint density at radius 2 is 1.90 bits per heavy atom. The normalized spacial score (nSPS) is 12.2. The predicted molar refractivity (Wildman–Crippen MR) is 86.8 cm³/mol. The summed E-state index contributed by atoms with van der Waals surface area (Å²) in [6.07, 6.45) is 1.93. The van der Waals surface area contributed by atoms with E-state index in [0.29, 0.717) is 11.1 Å². The topological polar surface area (TPSA) is 35.2 Å². The van der Waals surface area contributed by atoms with Crippen molar-refractivity contribution >= 4 is 15.9 Å². The Morgan fingerprint density at radius 1 is 1.19 bits per heavy atom. The zero-order valence-corrected chi connectivity index (χ0v) is 13.6. The molecule has 2 aromatic carbocycles. The fraction of sp³-hybridized carbons (Fsp3) is 0.294. The van der Waals surface area contributed by atoms with Gasteiger partial charge in [-0.25, -0.2) is 4.39 Å². The van der Waals surface area contributed by atoms with Gasteiger partial charge in [0.2, 0.25) is 0 Å². The minimum absolute atomic E-state index is 0.214. The third-order valence-corrected chi connectivity index (χ3v) is 4.13. The van der Waals surface area contributed by atoms with Gasteiger partial charge in [0.1, 0.15) is 18.2 Å². The number of benzene rings is 2. The summed E-state index contributed by atoms with van der Waals surface area (Å²) in [7, 11) is 0. The van der Waals surface area contributed by atoms with E-state index >= 15 is 0 Å². The van der Waals surface area contributed by atoms with Gasteiger partial charge in [-0.2, -0.15) is 0 Å². The van der Waals surface area contributed by atoms with Gasteiger partial charge < -0.3 is 10.5 Å². The number of aryl methyl sites for hydroxylation is 1. The molecule has 2 nitrogen and oxygen atoms in total. The molecule has 0 radical (unpaired) electrons. The van der Waals surface area contributed by atoms with Crippen LogP contribution in [0, 0.1) is 5.82 Å². The predicted octanol–water partition coefficient (Wildman–Crippen LogP) is 4.45. The Morgan fingerprint density at radius 3 is 2.57 bits per heavy atom. The molecule has 2 N–H and O–H groups in total. The molecule has 0 aliphatic carbocycles. The van der Waals surface area contributed by atoms with Gasteiger partial charge >= 0.3 is 0 Å². The molecule has 0 saturated heterocycles. The van der Waals surface area contributed by atoms with Crippen LogP contribution in [0.15, 0.2) is 46.9 Å². The Hall–Kier alpha value is -1.39. The molecule has 0 bridgehead atoms. The van der Waals surface area contributed by atoms with Gasteiger partial charge in [0.05, 0.1) is 4.47 Å². The Bertz CT molecular complexity index is 584. The lowest BCUT2D eigenvalue weighted by atomic mass is 10.1. The van der Waals surface area contributed by atoms with E-state index in [4.69, 9.17) is 10.5 Å². The lowest BCUT2D eigenvalue weighted by molar-refractivity contribution is 0.304. The number of hydrogen-bond acceptors (Lipinski definition) is 2. The third-order valence-electron chi connectivity index (χ3n) is 3.24. The SMILES string of the molecule is CC(N)CCc1ccc(OCc2cccc(F)c2Br)cc1. The van der Waals surface area contributed by atoms with E-state index < -0.39 is 0 Å². The largest absolute Gasteiger partial charge is 0.489 e. The Labute approximate surface area is 133 Å². The van der Waals surface area contributed by atoms with E-state index in [0.717, 1.165) is 24.2 Å². The molecule has 0 heterocycles. The average Bonchev–Trinajstić information content (AvgIpc) is 2.48. The van der Waals surface area contributed by atoms with E-state index in [1.165, 1.54) is 11.6 Å². The quantitative estimate of drug-likeness (QED) is 0.834. The summed E-state index contributed by atoms with van der Waals surface area (Å²) in [5.74, 6) is 0.498. The van der Waals surface area contributed by atoms with Crippen LogP contribution in [0.1, 0.15) is 24.5 Å². The van der Waals surface area contributed by atoms with E-state index in [-0.39, 0.29) is 11.9 Å². The Balaban J connectivity index is 1.93. The number of nitrogens with two attached hydrogens (primary N) is 1. The highest BCUT2D eigenvalue weighted by Crippen LogP contribution is 2.22. The number of hydrogen-bond donors (Lipinski definition) is 1. The lowest BCUT2D eigenvalue weighted by Crippen LogP contribution is -2.15. The van der Waals surface area contributed by atoms with Crippen LogP contribution >= 0.6 is 15.9 Å². The second-order valence-corrected chi connectivity index (χ2v) is 5.95. The summed E-state index contributed by atoms with van der Waals surface area (Å²) < 4.78 is 19.5. The molecule has 0 saturated carbocycles. The molecule has 0 aliphatic heterocycles. The highest BCUT2D eigenvalue weighted by Gasteiger charge is 2.06. The summed E-state index contributed by atoms with van der Waals surface area (Å²) in [6, 6.07) is 13.1. The molecule has 0 amide bonds. The number of halogens is 2. The maximum atomic E-state index is 13.4. The molecule has 0 aromatic heterocycles. The maximum absolute atomic E-state index is 13.4. The van der Waals surface area contributed by atoms with Crippen LogP contribution in [0.5, 0.6) is 5.75 Å². The van der Waals surface area contributed by atoms with Crippen LogP contribution in [0.3, 0.4) is 0 Å². The molecule has 0 fully saturated rings. The van der Waals surface area contributed by atoms with Crippen molar-refractivity contribution in [1.82, 2.24) is 0 Å². The van der Waals surface area contributed by atoms with E-state index in [1.807, 2.05) is 37.3 Å². The fourth-order valence-corrected chi connectivity index (χ4v) is 2.35. The molecule has 112 valence electrons. The molecule has 1 atom stereocenters. The fourth-order valence-electron chi connectivity index (χ4n) is 1.97. The van der Waals surface area contributed by atoms with Crippen molar-refractivity contribution in [3.63, 3.8) is 0 Å². The summed E-state index contributed by atoms with van der Waals surface area (Å²) in [6.45, 7) is 2.34. The molecule has 4 heteroatoms. The van der Waals surface area contributed by atoms with Gasteiger partial charge in [-0.3, -0.25) is 0 Å². The maximum Gasteiger partial charge on any atom is 0.137 e. The van der Waals surface area contributed by atoms with Crippen LogP contribution in [-0.2, 0) is 13.0 Å². The van der Waals surface area contributed by atoms with Gasteiger partial charge in [-0.1, -0.05) is 24.3 Å². The molecular formula is C17H19BrFNO. The molecule has 21 heavy (non-hydrogen) atoms. The average molecular weight is 352 g/mol. The molecule has 2 aromatic rings. The van der Waals surface area contributed by atoms with Crippen molar-refractivity contribution in [3.05, 3.63) is 63.9 Å². The van der Waals surface area contributed by atoms with Crippen molar-refractivity contribution in [3.8, 4) is 5.75 Å². The summed E-state index contributed by atoms with van der Waals surface area (Å²) in [5, 5.41) is 0. The second-order valence-electron chi connectivity index (χ2n) is 5.16. The van der Waals surface area contributed by atoms with E-state index in [1.54, 1.807) is 6.07 Å². The minimum Gasteiger partial charge on any atom is -0.489 e. The zero-order chi connectivity index (χ0) is 15.2. The first kappa shape index (κ1) is 16.0. The molecule has 0 aliphatic rings. The highest BCUT2D eigenvalue weighted by molar-refractivity contribution is 9.10. The Kier molecular flexibility index (Phi) is 5.76. The zero-order valence-electron chi connectivity index (χ0n) is 12.0. The molecule has 1 unspecified atom stereocenters. The van der Waals surface area contributed by atoms with Crippen molar-refractivity contribution in [1.29, 1.82) is 0 Å². The molecule has 0 spiro atoms. The van der Waals surface area contributed by atoms with Crippen LogP contribution in [0.25, 0.3) is 0 Å². The molecular weight excluding hydrogens is 333 g/mol. The summed E-state index contributed by atoms with van der Waals surface area (Å²) in [4.78, 5) is 0. The second kappa shape index (κ2) is 7.57. The van der Waals surface area contributed by atoms with E-state index in [2.05, 4.69) is 15.9 Å². The van der Waals surface area contributed by atoms with Gasteiger partial charge in [0.25, 0.3) is 0 Å². The third kappa shape index (κ3) is 4.83. The van der Waals surface area contributed by atoms with Crippen LogP contribution in [0.2, 0.25) is 0 Å². The molecule has 2 rings (SSSR count). The first-order chi connectivity index (χ1) is 10.1.